The van der Waals surface area contributed by atoms with E-state index in [1.165, 1.54) is 5.56 Å². The lowest BCUT2D eigenvalue weighted by molar-refractivity contribution is 0.199. The van der Waals surface area contributed by atoms with Crippen LogP contribution < -0.4 is 5.32 Å². The van der Waals surface area contributed by atoms with Crippen LogP contribution in [0.5, 0.6) is 0 Å². The molecule has 1 rings (SSSR count). The van der Waals surface area contributed by atoms with Crippen molar-refractivity contribution in [3.8, 4) is 0 Å². The number of nitrogens with one attached hydrogen (secondary N) is 1. The molecule has 0 aromatic heterocycles. The summed E-state index contributed by atoms with van der Waals surface area (Å²) in [5.74, 6) is 0. The minimum atomic E-state index is -0.437. The van der Waals surface area contributed by atoms with Crippen molar-refractivity contribution in [2.75, 3.05) is 5.32 Å². The van der Waals surface area contributed by atoms with Crippen LogP contribution in [-0.2, 0) is 0 Å². The van der Waals surface area contributed by atoms with Crippen LogP contribution in [0.25, 0.3) is 0 Å². The minimum absolute atomic E-state index is 0.437. The van der Waals surface area contributed by atoms with Gasteiger partial charge in [0.2, 0.25) is 0 Å². The quantitative estimate of drug-likeness (QED) is 0.672. The van der Waals surface area contributed by atoms with E-state index in [0.29, 0.717) is 6.42 Å². The van der Waals surface area contributed by atoms with Crippen LogP contribution in [0.2, 0.25) is 0 Å². The Labute approximate surface area is 73.2 Å². The van der Waals surface area contributed by atoms with E-state index in [2.05, 4.69) is 5.32 Å². The van der Waals surface area contributed by atoms with Crippen LogP contribution in [0.3, 0.4) is 0 Å². The average Bonchev–Trinajstić information content (AvgIpc) is 2.09. The van der Waals surface area contributed by atoms with Crippen LogP contribution >= 0.6 is 0 Å². The third-order valence-corrected chi connectivity index (χ3v) is 1.77. The second kappa shape index (κ2) is 4.12. The molecule has 1 atom stereocenters. The van der Waals surface area contributed by atoms with Crippen LogP contribution in [-0.4, -0.2) is 11.3 Å². The summed E-state index contributed by atoms with van der Waals surface area (Å²) in [5, 5.41) is 12.2. The number of aliphatic hydroxyl groups is 1. The number of anilines is 1. The average molecular weight is 165 g/mol. The summed E-state index contributed by atoms with van der Waals surface area (Å²) in [4.78, 5) is 0. The van der Waals surface area contributed by atoms with Gasteiger partial charge in [0, 0.05) is 5.69 Å². The van der Waals surface area contributed by atoms with Crippen molar-refractivity contribution in [2.24, 2.45) is 0 Å². The van der Waals surface area contributed by atoms with Gasteiger partial charge in [0.05, 0.1) is 0 Å². The summed E-state index contributed by atoms with van der Waals surface area (Å²) in [6, 6.07) is 7.97. The Morgan fingerprint density at radius 3 is 2.42 bits per heavy atom. The van der Waals surface area contributed by atoms with Gasteiger partial charge >= 0.3 is 0 Å². The van der Waals surface area contributed by atoms with Crippen LogP contribution in [0.1, 0.15) is 18.9 Å². The molecule has 0 aliphatic heterocycles. The molecule has 0 amide bonds. The van der Waals surface area contributed by atoms with Crippen molar-refractivity contribution in [3.63, 3.8) is 0 Å². The topological polar surface area (TPSA) is 32.3 Å². The number of aryl methyl sites for hydroxylation is 1. The van der Waals surface area contributed by atoms with E-state index in [1.807, 2.05) is 38.1 Å². The number of benzene rings is 1. The summed E-state index contributed by atoms with van der Waals surface area (Å²) < 4.78 is 0. The largest absolute Gasteiger partial charge is 0.374 e. The molecule has 0 saturated carbocycles. The smallest absolute Gasteiger partial charge is 0.124 e. The van der Waals surface area contributed by atoms with Gasteiger partial charge in [-0.1, -0.05) is 24.6 Å². The van der Waals surface area contributed by atoms with Gasteiger partial charge in [-0.05, 0) is 25.5 Å². The molecule has 2 heteroatoms. The summed E-state index contributed by atoms with van der Waals surface area (Å²) in [7, 11) is 0. The molecule has 66 valence electrons. The lowest BCUT2D eigenvalue weighted by Crippen LogP contribution is -2.16. The highest BCUT2D eigenvalue weighted by Crippen LogP contribution is 2.09. The lowest BCUT2D eigenvalue weighted by atomic mass is 10.2. The van der Waals surface area contributed by atoms with E-state index in [4.69, 9.17) is 0 Å². The molecule has 12 heavy (non-hydrogen) atoms. The van der Waals surface area contributed by atoms with Crippen molar-refractivity contribution < 1.29 is 5.11 Å². The Kier molecular flexibility index (Phi) is 3.11. The molecule has 0 spiro atoms. The number of rotatable bonds is 3. The standard InChI is InChI=1S/C10H15NO/c1-3-10(12)11-9-6-4-8(2)5-7-9/h4-7,10-12H,3H2,1-2H3. The minimum Gasteiger partial charge on any atom is -0.374 e. The fraction of sp³-hybridized carbons (Fsp3) is 0.400. The fourth-order valence-electron chi connectivity index (χ4n) is 0.944. The third-order valence-electron chi connectivity index (χ3n) is 1.77. The first kappa shape index (κ1) is 9.07. The second-order valence-electron chi connectivity index (χ2n) is 2.93. The zero-order valence-corrected chi connectivity index (χ0v) is 7.54. The van der Waals surface area contributed by atoms with Crippen molar-refractivity contribution in [1.29, 1.82) is 0 Å². The van der Waals surface area contributed by atoms with Crippen molar-refractivity contribution in [3.05, 3.63) is 29.8 Å². The van der Waals surface area contributed by atoms with Crippen molar-refractivity contribution in [1.82, 2.24) is 0 Å². The van der Waals surface area contributed by atoms with Gasteiger partial charge in [0.1, 0.15) is 6.23 Å². The zero-order chi connectivity index (χ0) is 8.97. The zero-order valence-electron chi connectivity index (χ0n) is 7.54. The highest BCUT2D eigenvalue weighted by molar-refractivity contribution is 5.44. The van der Waals surface area contributed by atoms with Crippen LogP contribution in [0.15, 0.2) is 24.3 Å². The molecular weight excluding hydrogens is 150 g/mol. The number of hydrogen-bond donors (Lipinski definition) is 2. The molecule has 0 bridgehead atoms. The van der Waals surface area contributed by atoms with Gasteiger partial charge in [-0.2, -0.15) is 0 Å². The molecule has 0 fully saturated rings. The first-order chi connectivity index (χ1) is 5.72. The predicted octanol–water partition coefficient (Wildman–Crippen LogP) is 2.14. The number of hydrogen-bond acceptors (Lipinski definition) is 2. The summed E-state index contributed by atoms with van der Waals surface area (Å²) >= 11 is 0. The third kappa shape index (κ3) is 2.55. The monoisotopic (exact) mass is 165 g/mol. The number of aliphatic hydroxyl groups excluding tert-OH is 1. The van der Waals surface area contributed by atoms with Crippen LogP contribution in [0, 0.1) is 6.92 Å². The molecule has 2 N–H and O–H groups in total. The first-order valence-electron chi connectivity index (χ1n) is 4.23. The van der Waals surface area contributed by atoms with Gasteiger partial charge in [-0.25, -0.2) is 0 Å². The Bertz CT molecular complexity index is 230. The SMILES string of the molecule is CCC(O)Nc1ccc(C)cc1. The van der Waals surface area contributed by atoms with E-state index in [0.717, 1.165) is 5.69 Å². The van der Waals surface area contributed by atoms with Gasteiger partial charge in [-0.3, -0.25) is 0 Å². The van der Waals surface area contributed by atoms with Gasteiger partial charge in [0.25, 0.3) is 0 Å². The van der Waals surface area contributed by atoms with E-state index in [9.17, 15) is 5.11 Å². The fourth-order valence-corrected chi connectivity index (χ4v) is 0.944. The molecule has 1 aromatic rings. The Balaban J connectivity index is 2.58. The summed E-state index contributed by atoms with van der Waals surface area (Å²) in [6.45, 7) is 3.98. The molecule has 0 aliphatic carbocycles. The van der Waals surface area contributed by atoms with Gasteiger partial charge in [-0.15, -0.1) is 0 Å². The summed E-state index contributed by atoms with van der Waals surface area (Å²) in [5.41, 5.74) is 2.20. The van der Waals surface area contributed by atoms with E-state index in [1.54, 1.807) is 0 Å². The summed E-state index contributed by atoms with van der Waals surface area (Å²) in [6.07, 6.45) is 0.279. The molecule has 1 aromatic carbocycles. The van der Waals surface area contributed by atoms with Crippen molar-refractivity contribution >= 4 is 5.69 Å². The first-order valence-corrected chi connectivity index (χ1v) is 4.23. The van der Waals surface area contributed by atoms with Gasteiger partial charge < -0.3 is 10.4 Å². The second-order valence-corrected chi connectivity index (χ2v) is 2.93. The maximum absolute atomic E-state index is 9.27. The van der Waals surface area contributed by atoms with E-state index >= 15 is 0 Å². The van der Waals surface area contributed by atoms with Crippen molar-refractivity contribution in [2.45, 2.75) is 26.5 Å². The van der Waals surface area contributed by atoms with E-state index in [-0.39, 0.29) is 0 Å². The van der Waals surface area contributed by atoms with Crippen LogP contribution in [0.4, 0.5) is 5.69 Å². The molecule has 0 heterocycles. The molecular formula is C10H15NO. The highest BCUT2D eigenvalue weighted by atomic mass is 16.3. The normalized spacial score (nSPS) is 12.6. The Morgan fingerprint density at radius 2 is 1.92 bits per heavy atom. The van der Waals surface area contributed by atoms with E-state index < -0.39 is 6.23 Å². The Hall–Kier alpha value is -1.02. The highest BCUT2D eigenvalue weighted by Gasteiger charge is 1.98. The predicted molar refractivity (Wildman–Crippen MR) is 51.1 cm³/mol. The maximum Gasteiger partial charge on any atom is 0.124 e. The molecule has 0 aliphatic rings. The molecule has 0 radical (unpaired) electrons. The molecule has 2 nitrogen and oxygen atoms in total. The lowest BCUT2D eigenvalue weighted by Gasteiger charge is -2.11. The molecule has 1 unspecified atom stereocenters. The van der Waals surface area contributed by atoms with Gasteiger partial charge in [0.15, 0.2) is 0 Å². The maximum atomic E-state index is 9.27. The molecule has 0 saturated heterocycles. The Morgan fingerprint density at radius 1 is 1.33 bits per heavy atom.